The molecule has 0 saturated heterocycles. The fourth-order valence-corrected chi connectivity index (χ4v) is 3.74. The van der Waals surface area contributed by atoms with Crippen LogP contribution in [0.1, 0.15) is 99.9 Å². The van der Waals surface area contributed by atoms with Crippen LogP contribution >= 0.6 is 0 Å². The van der Waals surface area contributed by atoms with Gasteiger partial charge in [0.25, 0.3) is 0 Å². The van der Waals surface area contributed by atoms with E-state index in [2.05, 4.69) is 13.0 Å². The van der Waals surface area contributed by atoms with Gasteiger partial charge in [-0.2, -0.15) is 0 Å². The van der Waals surface area contributed by atoms with Crippen molar-refractivity contribution in [3.05, 3.63) is 65.7 Å². The molecular weight excluding hydrogens is 356 g/mol. The summed E-state index contributed by atoms with van der Waals surface area (Å²) in [6, 6.07) is 17.1. The first-order valence-corrected chi connectivity index (χ1v) is 11.7. The van der Waals surface area contributed by atoms with Crippen LogP contribution in [0.4, 0.5) is 0 Å². The molecule has 0 atom stereocenters. The van der Waals surface area contributed by atoms with Crippen molar-refractivity contribution in [1.82, 2.24) is 0 Å². The number of hydrogen-bond donors (Lipinski definition) is 0. The summed E-state index contributed by atoms with van der Waals surface area (Å²) in [5, 5.41) is 0. The van der Waals surface area contributed by atoms with Gasteiger partial charge in [-0.05, 0) is 36.6 Å². The zero-order valence-electron chi connectivity index (χ0n) is 18.2. The van der Waals surface area contributed by atoms with Crippen LogP contribution in [0.25, 0.3) is 0 Å². The Morgan fingerprint density at radius 2 is 1.17 bits per heavy atom. The van der Waals surface area contributed by atoms with Crippen LogP contribution in [-0.4, -0.2) is 5.97 Å². The molecule has 158 valence electrons. The van der Waals surface area contributed by atoms with E-state index < -0.39 is 0 Å². The van der Waals surface area contributed by atoms with E-state index in [1.807, 2.05) is 48.5 Å². The second-order valence-corrected chi connectivity index (χ2v) is 8.00. The fourth-order valence-electron chi connectivity index (χ4n) is 3.74. The molecule has 0 aliphatic heterocycles. The molecule has 0 radical (unpaired) electrons. The summed E-state index contributed by atoms with van der Waals surface area (Å²) in [6.07, 6.45) is 17.1. The van der Waals surface area contributed by atoms with E-state index >= 15 is 0 Å². The number of hydrogen-bond acceptors (Lipinski definition) is 2. The van der Waals surface area contributed by atoms with Crippen LogP contribution < -0.4 is 4.74 Å². The Balaban J connectivity index is 1.60. The third-order valence-corrected chi connectivity index (χ3v) is 5.49. The first-order chi connectivity index (χ1) is 14.3. The Morgan fingerprint density at radius 3 is 1.79 bits per heavy atom. The monoisotopic (exact) mass is 394 g/mol. The topological polar surface area (TPSA) is 26.3 Å². The molecule has 0 bridgehead atoms. The highest BCUT2D eigenvalue weighted by Gasteiger charge is 2.12. The zero-order chi connectivity index (χ0) is 20.6. The maximum Gasteiger partial charge on any atom is 0.343 e. The number of rotatable bonds is 15. The predicted octanol–water partition coefficient (Wildman–Crippen LogP) is 8.15. The van der Waals surface area contributed by atoms with Gasteiger partial charge in [0.05, 0.1) is 5.56 Å². The lowest BCUT2D eigenvalue weighted by molar-refractivity contribution is 0.0733. The molecule has 0 aromatic heterocycles. The summed E-state index contributed by atoms with van der Waals surface area (Å²) < 4.78 is 5.52. The van der Waals surface area contributed by atoms with Crippen LogP contribution in [0.3, 0.4) is 0 Å². The molecule has 29 heavy (non-hydrogen) atoms. The number of para-hydroxylation sites is 1. The first-order valence-electron chi connectivity index (χ1n) is 11.7. The summed E-state index contributed by atoms with van der Waals surface area (Å²) in [5.74, 6) is 0.336. The van der Waals surface area contributed by atoms with Gasteiger partial charge in [0, 0.05) is 0 Å². The van der Waals surface area contributed by atoms with Gasteiger partial charge in [-0.1, -0.05) is 114 Å². The van der Waals surface area contributed by atoms with Crippen molar-refractivity contribution in [2.24, 2.45) is 0 Å². The highest BCUT2D eigenvalue weighted by Crippen LogP contribution is 2.18. The Hall–Kier alpha value is -2.09. The Bertz CT molecular complexity index is 678. The summed E-state index contributed by atoms with van der Waals surface area (Å²) >= 11 is 0. The van der Waals surface area contributed by atoms with E-state index in [1.165, 1.54) is 70.6 Å². The van der Waals surface area contributed by atoms with Gasteiger partial charge >= 0.3 is 5.97 Å². The lowest BCUT2D eigenvalue weighted by Gasteiger charge is -2.09. The van der Waals surface area contributed by atoms with Crippen molar-refractivity contribution >= 4 is 5.97 Å². The zero-order valence-corrected chi connectivity index (χ0v) is 18.2. The lowest BCUT2D eigenvalue weighted by Crippen LogP contribution is -2.11. The number of benzene rings is 2. The van der Waals surface area contributed by atoms with Crippen LogP contribution in [0.2, 0.25) is 0 Å². The normalized spacial score (nSPS) is 10.8. The predicted molar refractivity (Wildman–Crippen MR) is 123 cm³/mol. The molecule has 0 unspecified atom stereocenters. The van der Waals surface area contributed by atoms with Crippen LogP contribution in [0, 0.1) is 0 Å². The maximum atomic E-state index is 12.5. The highest BCUT2D eigenvalue weighted by atomic mass is 16.5. The molecule has 2 nitrogen and oxygen atoms in total. The average Bonchev–Trinajstić information content (AvgIpc) is 2.75. The largest absolute Gasteiger partial charge is 0.423 e. The Morgan fingerprint density at radius 1 is 0.655 bits per heavy atom. The van der Waals surface area contributed by atoms with Gasteiger partial charge in [-0.25, -0.2) is 4.79 Å². The highest BCUT2D eigenvalue weighted by molar-refractivity contribution is 5.92. The van der Waals surface area contributed by atoms with Gasteiger partial charge in [0.2, 0.25) is 0 Å². The Labute approximate surface area is 177 Å². The van der Waals surface area contributed by atoms with Crippen molar-refractivity contribution in [2.75, 3.05) is 0 Å². The van der Waals surface area contributed by atoms with E-state index in [-0.39, 0.29) is 5.97 Å². The van der Waals surface area contributed by atoms with Gasteiger partial charge in [-0.15, -0.1) is 0 Å². The van der Waals surface area contributed by atoms with Crippen LogP contribution in [0.5, 0.6) is 5.75 Å². The maximum absolute atomic E-state index is 12.5. The smallest absolute Gasteiger partial charge is 0.343 e. The van der Waals surface area contributed by atoms with E-state index in [1.54, 1.807) is 0 Å². The molecule has 0 aliphatic rings. The Kier molecular flexibility index (Phi) is 11.9. The number of carbonyl (C=O) groups is 1. The van der Waals surface area contributed by atoms with Crippen molar-refractivity contribution in [3.8, 4) is 5.75 Å². The van der Waals surface area contributed by atoms with Crippen LogP contribution in [0.15, 0.2) is 54.6 Å². The molecule has 2 aromatic rings. The number of carbonyl (C=O) groups excluding carboxylic acids is 1. The molecule has 0 N–H and O–H groups in total. The van der Waals surface area contributed by atoms with Gasteiger partial charge in [-0.3, -0.25) is 0 Å². The number of esters is 1. The summed E-state index contributed by atoms with van der Waals surface area (Å²) in [7, 11) is 0. The number of ether oxygens (including phenoxy) is 1. The minimum Gasteiger partial charge on any atom is -0.423 e. The van der Waals surface area contributed by atoms with Crippen LogP contribution in [-0.2, 0) is 6.42 Å². The summed E-state index contributed by atoms with van der Waals surface area (Å²) in [6.45, 7) is 2.27. The van der Waals surface area contributed by atoms with E-state index in [0.717, 1.165) is 18.4 Å². The molecule has 0 spiro atoms. The molecule has 2 heteroatoms. The fraction of sp³-hybridized carbons (Fsp3) is 0.519. The van der Waals surface area contributed by atoms with Gasteiger partial charge in [0.15, 0.2) is 0 Å². The van der Waals surface area contributed by atoms with Crippen molar-refractivity contribution < 1.29 is 9.53 Å². The number of aryl methyl sites for hydroxylation is 1. The molecule has 2 rings (SSSR count). The number of unbranched alkanes of at least 4 members (excludes halogenated alkanes) is 11. The molecule has 0 fully saturated rings. The molecule has 0 amide bonds. The standard InChI is InChI=1S/C27H38O2/c1-2-3-4-5-6-7-8-9-10-11-12-14-19-24-20-17-18-23-26(24)27(28)29-25-21-15-13-16-22-25/h13,15-18,20-23H,2-12,14,19H2,1H3. The van der Waals surface area contributed by atoms with Crippen molar-refractivity contribution in [2.45, 2.75) is 90.4 Å². The molecule has 2 aromatic carbocycles. The van der Waals surface area contributed by atoms with E-state index in [0.29, 0.717) is 11.3 Å². The first kappa shape index (κ1) is 23.2. The molecular formula is C27H38O2. The van der Waals surface area contributed by atoms with Crippen molar-refractivity contribution in [3.63, 3.8) is 0 Å². The van der Waals surface area contributed by atoms with Gasteiger partial charge in [0.1, 0.15) is 5.75 Å². The SMILES string of the molecule is CCCCCCCCCCCCCCc1ccccc1C(=O)Oc1ccccc1. The van der Waals surface area contributed by atoms with E-state index in [4.69, 9.17) is 4.74 Å². The van der Waals surface area contributed by atoms with Crippen molar-refractivity contribution in [1.29, 1.82) is 0 Å². The second-order valence-electron chi connectivity index (χ2n) is 8.00. The lowest BCUT2D eigenvalue weighted by atomic mass is 10.00. The van der Waals surface area contributed by atoms with Gasteiger partial charge < -0.3 is 4.74 Å². The molecule has 0 aliphatic carbocycles. The average molecular weight is 395 g/mol. The minimum atomic E-state index is -0.259. The minimum absolute atomic E-state index is 0.259. The summed E-state index contributed by atoms with van der Waals surface area (Å²) in [5.41, 5.74) is 1.79. The third kappa shape index (κ3) is 9.78. The van der Waals surface area contributed by atoms with E-state index in [9.17, 15) is 4.79 Å². The molecule has 0 saturated carbocycles. The third-order valence-electron chi connectivity index (χ3n) is 5.49. The quantitative estimate of drug-likeness (QED) is 0.173. The summed E-state index contributed by atoms with van der Waals surface area (Å²) in [4.78, 5) is 12.5. The molecule has 0 heterocycles. The second kappa shape index (κ2) is 14.8.